The Kier molecular flexibility index (Phi) is 6.60. The molecule has 0 aliphatic carbocycles. The Morgan fingerprint density at radius 1 is 1.14 bits per heavy atom. The molecule has 1 nitrogen and oxygen atoms in total. The summed E-state index contributed by atoms with van der Waals surface area (Å²) in [5.41, 5.74) is 8.27. The first-order valence-electron chi connectivity index (χ1n) is 5.03. The van der Waals surface area contributed by atoms with Gasteiger partial charge in [-0.1, -0.05) is 38.1 Å². The van der Waals surface area contributed by atoms with Crippen LogP contribution in [0.4, 0.5) is 0 Å². The van der Waals surface area contributed by atoms with Crippen LogP contribution in [-0.2, 0) is 6.42 Å². The predicted octanol–water partition coefficient (Wildman–Crippen LogP) is 3.12. The van der Waals surface area contributed by atoms with Gasteiger partial charge in [0.1, 0.15) is 0 Å². The van der Waals surface area contributed by atoms with E-state index in [0.717, 1.165) is 19.4 Å². The lowest BCUT2D eigenvalue weighted by Crippen LogP contribution is -2.00. The molecule has 1 aromatic rings. The van der Waals surface area contributed by atoms with E-state index in [1.807, 2.05) is 0 Å². The summed E-state index contributed by atoms with van der Waals surface area (Å²) in [6, 6.07) is 8.86. The van der Waals surface area contributed by atoms with Gasteiger partial charge in [-0.15, -0.1) is 12.4 Å². The molecule has 0 aliphatic heterocycles. The molecule has 0 aromatic heterocycles. The van der Waals surface area contributed by atoms with Gasteiger partial charge in [0.25, 0.3) is 0 Å². The number of aryl methyl sites for hydroxylation is 1. The minimum absolute atomic E-state index is 0. The molecule has 2 N–H and O–H groups in total. The monoisotopic (exact) mass is 213 g/mol. The zero-order chi connectivity index (χ0) is 9.68. The Hall–Kier alpha value is -0.530. The van der Waals surface area contributed by atoms with Gasteiger partial charge in [-0.05, 0) is 36.4 Å². The Balaban J connectivity index is 0.00000169. The van der Waals surface area contributed by atoms with Gasteiger partial charge < -0.3 is 5.73 Å². The zero-order valence-electron chi connectivity index (χ0n) is 8.99. The molecule has 0 atom stereocenters. The molecule has 0 bridgehead atoms. The van der Waals surface area contributed by atoms with Crippen LogP contribution in [0, 0.1) is 0 Å². The average molecular weight is 214 g/mol. The fourth-order valence-corrected chi connectivity index (χ4v) is 1.38. The molecular formula is C12H20ClN. The molecule has 0 fully saturated rings. The normalized spacial score (nSPS) is 10.0. The van der Waals surface area contributed by atoms with Gasteiger partial charge in [0.05, 0.1) is 0 Å². The Labute approximate surface area is 93.1 Å². The van der Waals surface area contributed by atoms with Crippen molar-refractivity contribution in [2.24, 2.45) is 5.73 Å². The smallest absolute Gasteiger partial charge is 0.00741 e. The molecule has 1 rings (SSSR count). The third-order valence-electron chi connectivity index (χ3n) is 2.32. The van der Waals surface area contributed by atoms with Crippen molar-refractivity contribution < 1.29 is 0 Å². The van der Waals surface area contributed by atoms with E-state index in [2.05, 4.69) is 38.1 Å². The summed E-state index contributed by atoms with van der Waals surface area (Å²) >= 11 is 0. The second-order valence-electron chi connectivity index (χ2n) is 3.79. The number of hydrogen-bond acceptors (Lipinski definition) is 1. The van der Waals surface area contributed by atoms with E-state index in [1.54, 1.807) is 0 Å². The first-order valence-corrected chi connectivity index (χ1v) is 5.03. The Morgan fingerprint density at radius 3 is 2.14 bits per heavy atom. The molecule has 0 aliphatic rings. The predicted molar refractivity (Wildman–Crippen MR) is 65.2 cm³/mol. The standard InChI is InChI=1S/C12H19N.ClH/c1-10(2)12-7-5-11(6-8-12)4-3-9-13;/h5-8,10H,3-4,9,13H2,1-2H3;1H. The Morgan fingerprint density at radius 2 is 1.71 bits per heavy atom. The van der Waals surface area contributed by atoms with E-state index in [-0.39, 0.29) is 12.4 Å². The van der Waals surface area contributed by atoms with Crippen LogP contribution in [0.1, 0.15) is 37.3 Å². The molecule has 0 saturated carbocycles. The molecule has 14 heavy (non-hydrogen) atoms. The van der Waals surface area contributed by atoms with Gasteiger partial charge in [-0.25, -0.2) is 0 Å². The fourth-order valence-electron chi connectivity index (χ4n) is 1.38. The maximum absolute atomic E-state index is 5.45. The van der Waals surface area contributed by atoms with Crippen LogP contribution in [0.5, 0.6) is 0 Å². The Bertz CT molecular complexity index is 241. The fraction of sp³-hybridized carbons (Fsp3) is 0.500. The largest absolute Gasteiger partial charge is 0.330 e. The molecule has 2 heteroatoms. The second-order valence-corrected chi connectivity index (χ2v) is 3.79. The average Bonchev–Trinajstić information content (AvgIpc) is 2.15. The van der Waals surface area contributed by atoms with Crippen molar-refractivity contribution in [2.75, 3.05) is 6.54 Å². The van der Waals surface area contributed by atoms with Crippen molar-refractivity contribution in [3.63, 3.8) is 0 Å². The number of benzene rings is 1. The van der Waals surface area contributed by atoms with Crippen LogP contribution in [0.15, 0.2) is 24.3 Å². The van der Waals surface area contributed by atoms with Crippen molar-refractivity contribution in [2.45, 2.75) is 32.6 Å². The summed E-state index contributed by atoms with van der Waals surface area (Å²) in [5.74, 6) is 0.628. The number of nitrogens with two attached hydrogens (primary N) is 1. The third-order valence-corrected chi connectivity index (χ3v) is 2.32. The highest BCUT2D eigenvalue weighted by Crippen LogP contribution is 2.15. The highest BCUT2D eigenvalue weighted by molar-refractivity contribution is 5.85. The summed E-state index contributed by atoms with van der Waals surface area (Å²) in [5, 5.41) is 0. The van der Waals surface area contributed by atoms with Gasteiger partial charge in [0.2, 0.25) is 0 Å². The van der Waals surface area contributed by atoms with Crippen LogP contribution in [0.3, 0.4) is 0 Å². The highest BCUT2D eigenvalue weighted by Gasteiger charge is 1.98. The van der Waals surface area contributed by atoms with E-state index in [1.165, 1.54) is 11.1 Å². The molecular weight excluding hydrogens is 194 g/mol. The van der Waals surface area contributed by atoms with Crippen molar-refractivity contribution >= 4 is 12.4 Å². The summed E-state index contributed by atoms with van der Waals surface area (Å²) in [6.45, 7) is 5.22. The van der Waals surface area contributed by atoms with E-state index >= 15 is 0 Å². The molecule has 0 unspecified atom stereocenters. The molecule has 1 aromatic carbocycles. The number of hydrogen-bond donors (Lipinski definition) is 1. The van der Waals surface area contributed by atoms with Crippen molar-refractivity contribution in [3.8, 4) is 0 Å². The molecule has 0 heterocycles. The minimum atomic E-state index is 0. The van der Waals surface area contributed by atoms with Gasteiger partial charge >= 0.3 is 0 Å². The molecule has 0 amide bonds. The second kappa shape index (κ2) is 6.86. The van der Waals surface area contributed by atoms with Crippen LogP contribution in [-0.4, -0.2) is 6.54 Å². The van der Waals surface area contributed by atoms with E-state index in [4.69, 9.17) is 5.73 Å². The lowest BCUT2D eigenvalue weighted by Gasteiger charge is -2.06. The van der Waals surface area contributed by atoms with Crippen molar-refractivity contribution in [1.29, 1.82) is 0 Å². The molecule has 80 valence electrons. The van der Waals surface area contributed by atoms with Crippen molar-refractivity contribution in [3.05, 3.63) is 35.4 Å². The lowest BCUT2D eigenvalue weighted by atomic mass is 10.0. The minimum Gasteiger partial charge on any atom is -0.330 e. The molecule has 0 radical (unpaired) electrons. The van der Waals surface area contributed by atoms with Crippen LogP contribution in [0.25, 0.3) is 0 Å². The topological polar surface area (TPSA) is 26.0 Å². The molecule has 0 saturated heterocycles. The van der Waals surface area contributed by atoms with Crippen LogP contribution in [0.2, 0.25) is 0 Å². The maximum atomic E-state index is 5.45. The maximum Gasteiger partial charge on any atom is -0.00741 e. The zero-order valence-corrected chi connectivity index (χ0v) is 9.81. The van der Waals surface area contributed by atoms with Gasteiger partial charge in [-0.3, -0.25) is 0 Å². The summed E-state index contributed by atoms with van der Waals surface area (Å²) in [7, 11) is 0. The lowest BCUT2D eigenvalue weighted by molar-refractivity contribution is 0.827. The van der Waals surface area contributed by atoms with Crippen LogP contribution < -0.4 is 5.73 Å². The number of rotatable bonds is 4. The van der Waals surface area contributed by atoms with Crippen LogP contribution >= 0.6 is 12.4 Å². The van der Waals surface area contributed by atoms with Gasteiger partial charge in [0.15, 0.2) is 0 Å². The summed E-state index contributed by atoms with van der Waals surface area (Å²) in [6.07, 6.45) is 2.19. The first-order chi connectivity index (χ1) is 6.24. The third kappa shape index (κ3) is 4.12. The number of halogens is 1. The van der Waals surface area contributed by atoms with E-state index in [0.29, 0.717) is 5.92 Å². The van der Waals surface area contributed by atoms with Crippen molar-refractivity contribution in [1.82, 2.24) is 0 Å². The SMILES string of the molecule is CC(C)c1ccc(CCCN)cc1.Cl. The summed E-state index contributed by atoms with van der Waals surface area (Å²) in [4.78, 5) is 0. The quantitative estimate of drug-likeness (QED) is 0.817. The highest BCUT2D eigenvalue weighted by atomic mass is 35.5. The van der Waals surface area contributed by atoms with E-state index in [9.17, 15) is 0 Å². The first kappa shape index (κ1) is 13.5. The van der Waals surface area contributed by atoms with Gasteiger partial charge in [0, 0.05) is 0 Å². The molecule has 0 spiro atoms. The van der Waals surface area contributed by atoms with Gasteiger partial charge in [-0.2, -0.15) is 0 Å². The summed E-state index contributed by atoms with van der Waals surface area (Å²) < 4.78 is 0. The van der Waals surface area contributed by atoms with E-state index < -0.39 is 0 Å².